The van der Waals surface area contributed by atoms with Crippen LogP contribution in [0.25, 0.3) is 0 Å². The summed E-state index contributed by atoms with van der Waals surface area (Å²) in [6.45, 7) is 7.59. The van der Waals surface area contributed by atoms with Gasteiger partial charge in [-0.1, -0.05) is 26.0 Å². The van der Waals surface area contributed by atoms with Crippen LogP contribution in [0.15, 0.2) is 24.3 Å². The minimum Gasteiger partial charge on any atom is -0.345 e. The van der Waals surface area contributed by atoms with E-state index in [1.807, 2.05) is 31.9 Å². The van der Waals surface area contributed by atoms with Crippen LogP contribution in [0, 0.1) is 17.7 Å². The number of benzene rings is 1. The third-order valence-corrected chi connectivity index (χ3v) is 4.40. The Balaban J connectivity index is 1.77. The summed E-state index contributed by atoms with van der Waals surface area (Å²) in [5, 5.41) is 0. The Hall–Kier alpha value is -1.42. The Labute approximate surface area is 133 Å². The molecule has 1 aliphatic heterocycles. The first kappa shape index (κ1) is 16.9. The second-order valence-electron chi connectivity index (χ2n) is 6.72. The zero-order valence-electron chi connectivity index (χ0n) is 13.9. The third-order valence-electron chi connectivity index (χ3n) is 4.40. The third kappa shape index (κ3) is 4.80. The van der Waals surface area contributed by atoms with Crippen molar-refractivity contribution in [2.24, 2.45) is 11.8 Å². The number of likely N-dealkylation sites (tertiary alicyclic amines) is 1. The van der Waals surface area contributed by atoms with Gasteiger partial charge in [-0.25, -0.2) is 4.39 Å². The Morgan fingerprint density at radius 3 is 2.64 bits per heavy atom. The molecule has 0 N–H and O–H groups in total. The number of hydrogen-bond donors (Lipinski definition) is 0. The van der Waals surface area contributed by atoms with E-state index in [2.05, 4.69) is 4.90 Å². The first-order valence-electron chi connectivity index (χ1n) is 8.17. The van der Waals surface area contributed by atoms with E-state index in [1.54, 1.807) is 12.1 Å². The molecule has 1 aromatic rings. The molecular weight excluding hydrogens is 279 g/mol. The Bertz CT molecular complexity index is 496. The van der Waals surface area contributed by atoms with Gasteiger partial charge in [0.05, 0.1) is 0 Å². The van der Waals surface area contributed by atoms with Gasteiger partial charge < -0.3 is 4.90 Å². The van der Waals surface area contributed by atoms with Gasteiger partial charge in [0.25, 0.3) is 0 Å². The van der Waals surface area contributed by atoms with E-state index >= 15 is 0 Å². The number of carbonyl (C=O) groups excluding carboxylic acids is 1. The molecule has 2 rings (SSSR count). The van der Waals surface area contributed by atoms with Crippen molar-refractivity contribution in [1.82, 2.24) is 9.80 Å². The van der Waals surface area contributed by atoms with Crippen LogP contribution in [0.5, 0.6) is 0 Å². The molecule has 0 bridgehead atoms. The standard InChI is InChI=1S/C18H27FN2O/c1-14(2)18(22)20(3)12-15-7-9-21(10-8-15)13-16-5-4-6-17(19)11-16/h4-6,11,14-15H,7-10,12-13H2,1-3H3. The van der Waals surface area contributed by atoms with Crippen LogP contribution < -0.4 is 0 Å². The van der Waals surface area contributed by atoms with Crippen molar-refractivity contribution in [2.75, 3.05) is 26.7 Å². The molecule has 1 aliphatic rings. The maximum Gasteiger partial charge on any atom is 0.224 e. The highest BCUT2D eigenvalue weighted by atomic mass is 19.1. The molecule has 122 valence electrons. The molecule has 1 aromatic carbocycles. The molecular formula is C18H27FN2O. The predicted octanol–water partition coefficient (Wildman–Crippen LogP) is 3.15. The Morgan fingerprint density at radius 1 is 1.36 bits per heavy atom. The topological polar surface area (TPSA) is 23.6 Å². The molecule has 22 heavy (non-hydrogen) atoms. The highest BCUT2D eigenvalue weighted by Gasteiger charge is 2.23. The summed E-state index contributed by atoms with van der Waals surface area (Å²) in [6, 6.07) is 6.84. The van der Waals surface area contributed by atoms with Crippen LogP contribution in [0.3, 0.4) is 0 Å². The summed E-state index contributed by atoms with van der Waals surface area (Å²) in [5.74, 6) is 0.706. The molecule has 0 aromatic heterocycles. The van der Waals surface area contributed by atoms with E-state index < -0.39 is 0 Å². The number of rotatable bonds is 5. The molecule has 3 nitrogen and oxygen atoms in total. The number of piperidine rings is 1. The number of hydrogen-bond acceptors (Lipinski definition) is 2. The van der Waals surface area contributed by atoms with Crippen molar-refractivity contribution in [1.29, 1.82) is 0 Å². The van der Waals surface area contributed by atoms with Crippen molar-refractivity contribution in [3.8, 4) is 0 Å². The van der Waals surface area contributed by atoms with Crippen molar-refractivity contribution >= 4 is 5.91 Å². The van der Waals surface area contributed by atoms with E-state index in [1.165, 1.54) is 6.07 Å². The molecule has 0 unspecified atom stereocenters. The van der Waals surface area contributed by atoms with Gasteiger partial charge in [0.1, 0.15) is 5.82 Å². The lowest BCUT2D eigenvalue weighted by atomic mass is 9.95. The molecule has 1 heterocycles. The van der Waals surface area contributed by atoms with E-state index in [-0.39, 0.29) is 17.6 Å². The zero-order valence-corrected chi connectivity index (χ0v) is 13.9. The van der Waals surface area contributed by atoms with Gasteiger partial charge in [-0.3, -0.25) is 9.69 Å². The number of halogens is 1. The maximum absolute atomic E-state index is 13.2. The van der Waals surface area contributed by atoms with E-state index in [0.717, 1.165) is 44.6 Å². The van der Waals surface area contributed by atoms with Crippen LogP contribution in [0.2, 0.25) is 0 Å². The lowest BCUT2D eigenvalue weighted by Crippen LogP contribution is -2.40. The van der Waals surface area contributed by atoms with Gasteiger partial charge >= 0.3 is 0 Å². The minimum atomic E-state index is -0.166. The SMILES string of the molecule is CC(C)C(=O)N(C)CC1CCN(Cc2cccc(F)c2)CC1. The first-order chi connectivity index (χ1) is 10.5. The number of nitrogens with zero attached hydrogens (tertiary/aromatic N) is 2. The van der Waals surface area contributed by atoms with Crippen molar-refractivity contribution in [3.63, 3.8) is 0 Å². The lowest BCUT2D eigenvalue weighted by Gasteiger charge is -2.34. The molecule has 0 aliphatic carbocycles. The summed E-state index contributed by atoms with van der Waals surface area (Å²) in [5.41, 5.74) is 1.03. The molecule has 4 heteroatoms. The molecule has 0 spiro atoms. The second-order valence-corrected chi connectivity index (χ2v) is 6.72. The average Bonchev–Trinajstić information content (AvgIpc) is 2.48. The fourth-order valence-corrected chi connectivity index (χ4v) is 3.14. The average molecular weight is 306 g/mol. The summed E-state index contributed by atoms with van der Waals surface area (Å²) >= 11 is 0. The van der Waals surface area contributed by atoms with Crippen LogP contribution in [0.4, 0.5) is 4.39 Å². The molecule has 1 saturated heterocycles. The van der Waals surface area contributed by atoms with Gasteiger partial charge in [-0.15, -0.1) is 0 Å². The van der Waals surface area contributed by atoms with E-state index in [0.29, 0.717) is 5.92 Å². The molecule has 1 fully saturated rings. The molecule has 0 radical (unpaired) electrons. The van der Waals surface area contributed by atoms with Crippen LogP contribution in [0.1, 0.15) is 32.3 Å². The number of carbonyl (C=O) groups is 1. The highest BCUT2D eigenvalue weighted by Crippen LogP contribution is 2.20. The Morgan fingerprint density at radius 2 is 2.05 bits per heavy atom. The van der Waals surface area contributed by atoms with Crippen molar-refractivity contribution < 1.29 is 9.18 Å². The maximum atomic E-state index is 13.2. The smallest absolute Gasteiger partial charge is 0.224 e. The normalized spacial score (nSPS) is 17.0. The fraction of sp³-hybridized carbons (Fsp3) is 0.611. The van der Waals surface area contributed by atoms with Crippen LogP contribution in [-0.2, 0) is 11.3 Å². The largest absolute Gasteiger partial charge is 0.345 e. The Kier molecular flexibility index (Phi) is 5.95. The first-order valence-corrected chi connectivity index (χ1v) is 8.17. The summed E-state index contributed by atoms with van der Waals surface area (Å²) in [6.07, 6.45) is 2.20. The summed E-state index contributed by atoms with van der Waals surface area (Å²) in [7, 11) is 1.90. The quantitative estimate of drug-likeness (QED) is 0.834. The minimum absolute atomic E-state index is 0.0677. The van der Waals surface area contributed by atoms with Gasteiger partial charge in [0.15, 0.2) is 0 Å². The van der Waals surface area contributed by atoms with Gasteiger partial charge in [-0.2, -0.15) is 0 Å². The molecule has 0 atom stereocenters. The monoisotopic (exact) mass is 306 g/mol. The molecule has 1 amide bonds. The van der Waals surface area contributed by atoms with Crippen molar-refractivity contribution in [2.45, 2.75) is 33.2 Å². The molecule has 0 saturated carbocycles. The van der Waals surface area contributed by atoms with E-state index in [9.17, 15) is 9.18 Å². The second kappa shape index (κ2) is 7.73. The predicted molar refractivity (Wildman–Crippen MR) is 86.9 cm³/mol. The lowest BCUT2D eigenvalue weighted by molar-refractivity contribution is -0.133. The summed E-state index contributed by atoms with van der Waals surface area (Å²) < 4.78 is 13.2. The zero-order chi connectivity index (χ0) is 16.1. The van der Waals surface area contributed by atoms with Gasteiger partial charge in [0.2, 0.25) is 5.91 Å². The highest BCUT2D eigenvalue weighted by molar-refractivity contribution is 5.77. The van der Waals surface area contributed by atoms with E-state index in [4.69, 9.17) is 0 Å². The van der Waals surface area contributed by atoms with Crippen LogP contribution in [-0.4, -0.2) is 42.4 Å². The van der Waals surface area contributed by atoms with Gasteiger partial charge in [-0.05, 0) is 49.5 Å². The fourth-order valence-electron chi connectivity index (χ4n) is 3.14. The van der Waals surface area contributed by atoms with Crippen LogP contribution >= 0.6 is 0 Å². The summed E-state index contributed by atoms with van der Waals surface area (Å²) in [4.78, 5) is 16.2. The van der Waals surface area contributed by atoms with Gasteiger partial charge in [0, 0.05) is 26.1 Å². The number of amides is 1. The van der Waals surface area contributed by atoms with Crippen molar-refractivity contribution in [3.05, 3.63) is 35.6 Å².